The van der Waals surface area contributed by atoms with E-state index in [1.807, 2.05) is 12.1 Å². The van der Waals surface area contributed by atoms with Crippen LogP contribution in [0.25, 0.3) is 0 Å². The van der Waals surface area contributed by atoms with Crippen molar-refractivity contribution >= 4 is 17.5 Å². The molecule has 1 aliphatic carbocycles. The fourth-order valence-electron chi connectivity index (χ4n) is 2.84. The summed E-state index contributed by atoms with van der Waals surface area (Å²) in [6.07, 6.45) is -0.836. The van der Waals surface area contributed by atoms with Gasteiger partial charge in [-0.05, 0) is 60.7 Å². The summed E-state index contributed by atoms with van der Waals surface area (Å²) < 4.78 is 36.4. The molecule has 0 bridgehead atoms. The molecule has 0 aromatic heterocycles. The molecule has 1 aliphatic rings. The van der Waals surface area contributed by atoms with E-state index in [1.165, 1.54) is 49.1 Å². The standard InChI is InChI=1S/C20H19F3N2O2/c21-20(22,23)12-24-18(26)15-8-10-17(11-9-15)25-19(27)16-6-4-14(5-7-16)13-2-1-3-13/h4-11,13H,1-3,12H2,(H,24,26)(H,25,27). The Kier molecular flexibility index (Phi) is 5.48. The molecule has 2 aromatic rings. The molecule has 0 radical (unpaired) electrons. The number of carbonyl (C=O) groups is 2. The van der Waals surface area contributed by atoms with Crippen molar-refractivity contribution in [3.8, 4) is 0 Å². The molecule has 3 rings (SSSR count). The van der Waals surface area contributed by atoms with Crippen molar-refractivity contribution in [1.82, 2.24) is 5.32 Å². The van der Waals surface area contributed by atoms with E-state index in [-0.39, 0.29) is 11.5 Å². The number of hydrogen-bond acceptors (Lipinski definition) is 2. The zero-order valence-corrected chi connectivity index (χ0v) is 14.5. The van der Waals surface area contributed by atoms with Crippen LogP contribution in [-0.4, -0.2) is 24.5 Å². The van der Waals surface area contributed by atoms with Crippen LogP contribution in [0, 0.1) is 0 Å². The molecule has 7 heteroatoms. The van der Waals surface area contributed by atoms with Crippen LogP contribution < -0.4 is 10.6 Å². The number of amides is 2. The third kappa shape index (κ3) is 5.09. The average Bonchev–Trinajstić information content (AvgIpc) is 2.59. The number of halogens is 3. The van der Waals surface area contributed by atoms with Crippen LogP contribution in [0.15, 0.2) is 48.5 Å². The predicted octanol–water partition coefficient (Wildman–Crippen LogP) is 4.50. The van der Waals surface area contributed by atoms with Crippen molar-refractivity contribution in [2.45, 2.75) is 31.4 Å². The van der Waals surface area contributed by atoms with Gasteiger partial charge >= 0.3 is 6.18 Å². The highest BCUT2D eigenvalue weighted by molar-refractivity contribution is 6.04. The molecule has 0 saturated heterocycles. The van der Waals surface area contributed by atoms with E-state index in [2.05, 4.69) is 5.32 Å². The maximum Gasteiger partial charge on any atom is 0.405 e. The summed E-state index contributed by atoms with van der Waals surface area (Å²) in [5.41, 5.74) is 2.30. The van der Waals surface area contributed by atoms with Crippen LogP contribution >= 0.6 is 0 Å². The maximum atomic E-state index is 12.3. The molecule has 4 nitrogen and oxygen atoms in total. The summed E-state index contributed by atoms with van der Waals surface area (Å²) in [7, 11) is 0. The molecule has 142 valence electrons. The Morgan fingerprint density at radius 2 is 1.44 bits per heavy atom. The van der Waals surface area contributed by atoms with Gasteiger partial charge in [-0.3, -0.25) is 9.59 Å². The second-order valence-electron chi connectivity index (χ2n) is 6.58. The lowest BCUT2D eigenvalue weighted by atomic mass is 9.80. The van der Waals surface area contributed by atoms with Crippen LogP contribution in [0.1, 0.15) is 51.5 Å². The molecule has 0 aliphatic heterocycles. The van der Waals surface area contributed by atoms with E-state index in [1.54, 1.807) is 17.4 Å². The fourth-order valence-corrected chi connectivity index (χ4v) is 2.84. The Morgan fingerprint density at radius 1 is 0.889 bits per heavy atom. The van der Waals surface area contributed by atoms with Gasteiger partial charge in [-0.25, -0.2) is 0 Å². The van der Waals surface area contributed by atoms with Gasteiger partial charge in [-0.2, -0.15) is 13.2 Å². The molecular formula is C20H19F3N2O2. The van der Waals surface area contributed by atoms with Crippen molar-refractivity contribution < 1.29 is 22.8 Å². The predicted molar refractivity (Wildman–Crippen MR) is 95.8 cm³/mol. The minimum atomic E-state index is -4.46. The summed E-state index contributed by atoms with van der Waals surface area (Å²) >= 11 is 0. The Balaban J connectivity index is 1.57. The SMILES string of the molecule is O=C(NCC(F)(F)F)c1ccc(NC(=O)c2ccc(C3CCC3)cc2)cc1. The first-order chi connectivity index (χ1) is 12.8. The number of nitrogens with one attached hydrogen (secondary N) is 2. The van der Waals surface area contributed by atoms with E-state index >= 15 is 0 Å². The number of rotatable bonds is 5. The minimum absolute atomic E-state index is 0.0853. The van der Waals surface area contributed by atoms with Gasteiger partial charge in [0.2, 0.25) is 0 Å². The largest absolute Gasteiger partial charge is 0.405 e. The second kappa shape index (κ2) is 7.82. The quantitative estimate of drug-likeness (QED) is 0.807. The molecule has 2 amide bonds. The Morgan fingerprint density at radius 3 is 1.96 bits per heavy atom. The third-order valence-electron chi connectivity index (χ3n) is 4.60. The summed E-state index contributed by atoms with van der Waals surface area (Å²) in [6.45, 7) is -1.39. The lowest BCUT2D eigenvalue weighted by Gasteiger charge is -2.25. The first-order valence-corrected chi connectivity index (χ1v) is 8.68. The van der Waals surface area contributed by atoms with Crippen molar-refractivity contribution in [1.29, 1.82) is 0 Å². The van der Waals surface area contributed by atoms with Crippen LogP contribution in [0.2, 0.25) is 0 Å². The van der Waals surface area contributed by atoms with Crippen molar-refractivity contribution in [3.05, 3.63) is 65.2 Å². The van der Waals surface area contributed by atoms with Gasteiger partial charge in [0.15, 0.2) is 0 Å². The monoisotopic (exact) mass is 376 g/mol. The molecule has 1 fully saturated rings. The topological polar surface area (TPSA) is 58.2 Å². The Labute approximate surface area is 154 Å². The molecule has 0 atom stereocenters. The van der Waals surface area contributed by atoms with Crippen molar-refractivity contribution in [2.75, 3.05) is 11.9 Å². The van der Waals surface area contributed by atoms with Crippen molar-refractivity contribution in [2.24, 2.45) is 0 Å². The molecule has 0 heterocycles. The maximum absolute atomic E-state index is 12.3. The summed E-state index contributed by atoms with van der Waals surface area (Å²) in [4.78, 5) is 24.0. The number of benzene rings is 2. The van der Waals surface area contributed by atoms with E-state index in [0.29, 0.717) is 17.2 Å². The fraction of sp³-hybridized carbons (Fsp3) is 0.300. The minimum Gasteiger partial charge on any atom is -0.343 e. The van der Waals surface area contributed by atoms with Crippen LogP contribution in [0.3, 0.4) is 0 Å². The van der Waals surface area contributed by atoms with Crippen LogP contribution in [0.4, 0.5) is 18.9 Å². The number of alkyl halides is 3. The molecular weight excluding hydrogens is 357 g/mol. The van der Waals surface area contributed by atoms with Gasteiger partial charge in [-0.15, -0.1) is 0 Å². The third-order valence-corrected chi connectivity index (χ3v) is 4.60. The molecule has 2 N–H and O–H groups in total. The second-order valence-corrected chi connectivity index (χ2v) is 6.58. The number of anilines is 1. The van der Waals surface area contributed by atoms with Gasteiger partial charge in [0, 0.05) is 16.8 Å². The van der Waals surface area contributed by atoms with Crippen molar-refractivity contribution in [3.63, 3.8) is 0 Å². The van der Waals surface area contributed by atoms with Gasteiger partial charge in [0.1, 0.15) is 6.54 Å². The van der Waals surface area contributed by atoms with E-state index in [0.717, 1.165) is 0 Å². The summed E-state index contributed by atoms with van der Waals surface area (Å²) in [5, 5.41) is 4.50. The van der Waals surface area contributed by atoms with Gasteiger partial charge in [-0.1, -0.05) is 18.6 Å². The highest BCUT2D eigenvalue weighted by atomic mass is 19.4. The Bertz CT molecular complexity index is 811. The highest BCUT2D eigenvalue weighted by Crippen LogP contribution is 2.36. The molecule has 0 spiro atoms. The highest BCUT2D eigenvalue weighted by Gasteiger charge is 2.27. The zero-order chi connectivity index (χ0) is 19.4. The summed E-state index contributed by atoms with van der Waals surface area (Å²) in [5.74, 6) is -0.514. The molecule has 2 aromatic carbocycles. The number of carbonyl (C=O) groups excluding carboxylic acids is 2. The van der Waals surface area contributed by atoms with E-state index in [9.17, 15) is 22.8 Å². The molecule has 27 heavy (non-hydrogen) atoms. The van der Waals surface area contributed by atoms with E-state index < -0.39 is 18.6 Å². The lowest BCUT2D eigenvalue weighted by Crippen LogP contribution is -2.33. The van der Waals surface area contributed by atoms with Gasteiger partial charge in [0.25, 0.3) is 11.8 Å². The Hall–Kier alpha value is -2.83. The first kappa shape index (κ1) is 18.9. The van der Waals surface area contributed by atoms with Crippen LogP contribution in [-0.2, 0) is 0 Å². The molecule has 1 saturated carbocycles. The summed E-state index contributed by atoms with van der Waals surface area (Å²) in [6, 6.07) is 13.2. The van der Waals surface area contributed by atoms with Crippen LogP contribution in [0.5, 0.6) is 0 Å². The first-order valence-electron chi connectivity index (χ1n) is 8.68. The number of hydrogen-bond donors (Lipinski definition) is 2. The molecule has 0 unspecified atom stereocenters. The zero-order valence-electron chi connectivity index (χ0n) is 14.5. The van der Waals surface area contributed by atoms with E-state index in [4.69, 9.17) is 0 Å². The van der Waals surface area contributed by atoms with Gasteiger partial charge < -0.3 is 10.6 Å². The normalized spacial score (nSPS) is 14.3. The van der Waals surface area contributed by atoms with Gasteiger partial charge in [0.05, 0.1) is 0 Å². The average molecular weight is 376 g/mol. The smallest absolute Gasteiger partial charge is 0.343 e. The lowest BCUT2D eigenvalue weighted by molar-refractivity contribution is -0.123.